The lowest BCUT2D eigenvalue weighted by atomic mass is 9.83. The summed E-state index contributed by atoms with van der Waals surface area (Å²) in [4.78, 5) is 23.5. The Labute approximate surface area is 193 Å². The third-order valence-corrected chi connectivity index (χ3v) is 7.38. The van der Waals surface area contributed by atoms with Gasteiger partial charge in [0.2, 0.25) is 0 Å². The Balaban J connectivity index is 1.66. The highest BCUT2D eigenvalue weighted by Crippen LogP contribution is 2.42. The van der Waals surface area contributed by atoms with E-state index in [0.29, 0.717) is 14.4 Å². The van der Waals surface area contributed by atoms with Gasteiger partial charge < -0.3 is 0 Å². The smallest absolute Gasteiger partial charge is 0.271 e. The average molecular weight is 456 g/mol. The van der Waals surface area contributed by atoms with Gasteiger partial charge in [0.25, 0.3) is 5.56 Å². The molecule has 0 amide bonds. The molecule has 2 aromatic heterocycles. The largest absolute Gasteiger partial charge is 0.272 e. The molecule has 0 saturated carbocycles. The van der Waals surface area contributed by atoms with Crippen molar-refractivity contribution in [1.82, 2.24) is 9.55 Å². The molecule has 32 heavy (non-hydrogen) atoms. The van der Waals surface area contributed by atoms with E-state index in [-0.39, 0.29) is 11.6 Å². The molecule has 0 radical (unpaired) electrons. The minimum atomic E-state index is -0.264. The van der Waals surface area contributed by atoms with Crippen molar-refractivity contribution in [3.05, 3.63) is 126 Å². The number of rotatable bonds is 2. The molecule has 0 unspecified atom stereocenters. The second kappa shape index (κ2) is 7.69. The Kier molecular flexibility index (Phi) is 4.67. The van der Waals surface area contributed by atoms with Crippen LogP contribution in [0.2, 0.25) is 5.02 Å². The SMILES string of the molecule is O=c1/c(=C/c2cccnc2)sc2n1[C@H](c1ccccc1Cl)C1=C(N=2)c2ccccc2CC1. The summed E-state index contributed by atoms with van der Waals surface area (Å²) < 4.78 is 2.46. The number of hydrogen-bond donors (Lipinski definition) is 0. The normalized spacial score (nSPS) is 17.4. The van der Waals surface area contributed by atoms with E-state index in [4.69, 9.17) is 16.6 Å². The number of allylic oxidation sites excluding steroid dienone is 1. The Hall–Kier alpha value is -3.28. The number of benzene rings is 2. The summed E-state index contributed by atoms with van der Waals surface area (Å²) in [5.41, 5.74) is 6.35. The summed E-state index contributed by atoms with van der Waals surface area (Å²) in [6, 6.07) is 19.8. The molecule has 6 heteroatoms. The maximum atomic E-state index is 13.6. The second-order valence-electron chi connectivity index (χ2n) is 7.92. The zero-order valence-electron chi connectivity index (χ0n) is 17.0. The fraction of sp³-hybridized carbons (Fsp3) is 0.115. The van der Waals surface area contributed by atoms with E-state index in [2.05, 4.69) is 23.2 Å². The first-order valence-electron chi connectivity index (χ1n) is 10.5. The van der Waals surface area contributed by atoms with E-state index in [9.17, 15) is 4.79 Å². The maximum Gasteiger partial charge on any atom is 0.271 e. The van der Waals surface area contributed by atoms with Gasteiger partial charge in [0.05, 0.1) is 16.3 Å². The number of nitrogens with zero attached hydrogens (tertiary/aromatic N) is 3. The average Bonchev–Trinajstić information content (AvgIpc) is 3.13. The molecule has 6 rings (SSSR count). The van der Waals surface area contributed by atoms with Gasteiger partial charge in [0, 0.05) is 23.0 Å². The van der Waals surface area contributed by atoms with Crippen molar-refractivity contribution in [2.75, 3.05) is 0 Å². The zero-order valence-corrected chi connectivity index (χ0v) is 18.6. The van der Waals surface area contributed by atoms with Gasteiger partial charge in [-0.3, -0.25) is 14.3 Å². The predicted molar refractivity (Wildman–Crippen MR) is 128 cm³/mol. The van der Waals surface area contributed by atoms with Crippen LogP contribution in [0.4, 0.5) is 0 Å². The molecule has 4 aromatic rings. The number of aryl methyl sites for hydroxylation is 1. The van der Waals surface area contributed by atoms with Crippen LogP contribution in [0.3, 0.4) is 0 Å². The van der Waals surface area contributed by atoms with Crippen LogP contribution in [0.5, 0.6) is 0 Å². The maximum absolute atomic E-state index is 13.6. The Morgan fingerprint density at radius 2 is 1.88 bits per heavy atom. The van der Waals surface area contributed by atoms with Gasteiger partial charge in [-0.2, -0.15) is 0 Å². The highest BCUT2D eigenvalue weighted by atomic mass is 35.5. The minimum absolute atomic E-state index is 0.0482. The van der Waals surface area contributed by atoms with E-state index in [1.165, 1.54) is 16.9 Å². The van der Waals surface area contributed by atoms with Gasteiger partial charge in [-0.05, 0) is 53.3 Å². The topological polar surface area (TPSA) is 47.2 Å². The predicted octanol–water partition coefficient (Wildman–Crippen LogP) is 4.37. The van der Waals surface area contributed by atoms with Gasteiger partial charge in [-0.25, -0.2) is 4.99 Å². The molecule has 2 aromatic carbocycles. The lowest BCUT2D eigenvalue weighted by molar-refractivity contribution is 0.585. The first-order valence-corrected chi connectivity index (χ1v) is 11.7. The van der Waals surface area contributed by atoms with Crippen LogP contribution < -0.4 is 14.9 Å². The number of aromatic nitrogens is 2. The van der Waals surface area contributed by atoms with Crippen LogP contribution in [0.1, 0.15) is 34.7 Å². The Morgan fingerprint density at radius 1 is 1.03 bits per heavy atom. The number of hydrogen-bond acceptors (Lipinski definition) is 4. The molecule has 156 valence electrons. The third-order valence-electron chi connectivity index (χ3n) is 6.05. The quantitative estimate of drug-likeness (QED) is 0.450. The molecule has 0 fully saturated rings. The van der Waals surface area contributed by atoms with Crippen LogP contribution in [-0.4, -0.2) is 9.55 Å². The first-order chi connectivity index (χ1) is 15.7. The summed E-state index contributed by atoms with van der Waals surface area (Å²) >= 11 is 8.08. The molecule has 0 saturated heterocycles. The fourth-order valence-electron chi connectivity index (χ4n) is 4.61. The summed E-state index contributed by atoms with van der Waals surface area (Å²) in [7, 11) is 0. The van der Waals surface area contributed by atoms with Crippen LogP contribution >= 0.6 is 22.9 Å². The molecule has 4 nitrogen and oxygen atoms in total. The first kappa shape index (κ1) is 19.4. The van der Waals surface area contributed by atoms with Crippen molar-refractivity contribution < 1.29 is 0 Å². The van der Waals surface area contributed by atoms with E-state index in [1.807, 2.05) is 53.1 Å². The molecule has 1 atom stereocenters. The van der Waals surface area contributed by atoms with Crippen LogP contribution in [0, 0.1) is 0 Å². The van der Waals surface area contributed by atoms with Crippen molar-refractivity contribution in [3.63, 3.8) is 0 Å². The highest BCUT2D eigenvalue weighted by Gasteiger charge is 2.33. The van der Waals surface area contributed by atoms with E-state index >= 15 is 0 Å². The Morgan fingerprint density at radius 3 is 2.72 bits per heavy atom. The van der Waals surface area contributed by atoms with Gasteiger partial charge in [-0.15, -0.1) is 0 Å². The summed E-state index contributed by atoms with van der Waals surface area (Å²) in [6.07, 6.45) is 7.13. The highest BCUT2D eigenvalue weighted by molar-refractivity contribution is 7.07. The molecule has 0 spiro atoms. The molecule has 3 heterocycles. The van der Waals surface area contributed by atoms with Crippen molar-refractivity contribution in [1.29, 1.82) is 0 Å². The molecule has 1 aliphatic heterocycles. The van der Waals surface area contributed by atoms with Crippen molar-refractivity contribution in [2.24, 2.45) is 4.99 Å². The second-order valence-corrected chi connectivity index (χ2v) is 9.34. The molecule has 2 aliphatic rings. The molecule has 1 aliphatic carbocycles. The van der Waals surface area contributed by atoms with E-state index < -0.39 is 0 Å². The third kappa shape index (κ3) is 3.08. The fourth-order valence-corrected chi connectivity index (χ4v) is 5.85. The number of thiazole rings is 1. The zero-order chi connectivity index (χ0) is 21.7. The number of pyridine rings is 1. The van der Waals surface area contributed by atoms with Crippen LogP contribution in [0.25, 0.3) is 11.8 Å². The van der Waals surface area contributed by atoms with Crippen LogP contribution in [-0.2, 0) is 6.42 Å². The summed E-state index contributed by atoms with van der Waals surface area (Å²) in [5.74, 6) is 0. The lowest BCUT2D eigenvalue weighted by Crippen LogP contribution is -2.38. The van der Waals surface area contributed by atoms with Gasteiger partial charge in [0.1, 0.15) is 0 Å². The van der Waals surface area contributed by atoms with Crippen molar-refractivity contribution in [3.8, 4) is 0 Å². The van der Waals surface area contributed by atoms with Gasteiger partial charge >= 0.3 is 0 Å². The van der Waals surface area contributed by atoms with Crippen LogP contribution in [0.15, 0.2) is 88.4 Å². The summed E-state index contributed by atoms with van der Waals surface area (Å²) in [6.45, 7) is 0. The van der Waals surface area contributed by atoms with Gasteiger partial charge in [-0.1, -0.05) is 71.5 Å². The number of halogens is 1. The molecule has 0 N–H and O–H groups in total. The lowest BCUT2D eigenvalue weighted by Gasteiger charge is -2.31. The Bertz CT molecular complexity index is 1570. The van der Waals surface area contributed by atoms with E-state index in [0.717, 1.165) is 40.8 Å². The minimum Gasteiger partial charge on any atom is -0.272 e. The molecule has 0 bridgehead atoms. The van der Waals surface area contributed by atoms with Gasteiger partial charge in [0.15, 0.2) is 4.80 Å². The molecular formula is C26H18ClN3OS. The van der Waals surface area contributed by atoms with Crippen molar-refractivity contribution in [2.45, 2.75) is 18.9 Å². The van der Waals surface area contributed by atoms with Crippen molar-refractivity contribution >= 4 is 34.7 Å². The standard InChI is InChI=1S/C26H18ClN3OS/c27-21-10-4-3-9-19(21)24-20-12-11-17-7-1-2-8-18(17)23(20)29-26-30(24)25(31)22(32-26)14-16-6-5-13-28-15-16/h1-10,13-15,24H,11-12H2/b22-14-/t24-/m1/s1. The monoisotopic (exact) mass is 455 g/mol. The molecular weight excluding hydrogens is 438 g/mol. The number of fused-ring (bicyclic) bond motifs is 3. The summed E-state index contributed by atoms with van der Waals surface area (Å²) in [5, 5.41) is 0.659. The van der Waals surface area contributed by atoms with E-state index in [1.54, 1.807) is 12.4 Å².